The van der Waals surface area contributed by atoms with E-state index in [0.29, 0.717) is 10.7 Å². The molecule has 16 nitrogen and oxygen atoms in total. The van der Waals surface area contributed by atoms with Crippen molar-refractivity contribution < 1.29 is 42.9 Å². The molecule has 0 saturated carbocycles. The first-order valence-corrected chi connectivity index (χ1v) is 23.3. The van der Waals surface area contributed by atoms with Crippen molar-refractivity contribution in [3.63, 3.8) is 0 Å². The fourth-order valence-corrected chi connectivity index (χ4v) is 9.93. The Labute approximate surface area is 391 Å². The Morgan fingerprint density at radius 3 is 1.85 bits per heavy atom. The number of rotatable bonds is 18. The SMILES string of the molecule is CO[C@@]1(NC(=O)CCCC(NC(=O)OC(C)(C)C)C(=O)OC(c2ccccc2)c2ccccc2)C(=O)N2C(C(=O)OC(c3ccccc3)c3ccccc3)=C(CSc3nnnn3C)CS[C@H]21. The average Bonchev–Trinajstić information content (AvgIpc) is 3.74. The standard InChI is InChI=1S/C48H51N7O9S2/c1-47(2,3)64-46(60)49-36(41(57)62-39(31-19-10-6-11-20-31)32-21-12-7-13-22-32)27-18-28-37(56)50-48(61-5)43(59)55-38(35(29-65-44(48)55)30-66-45-51-52-53-54(45)4)42(58)63-40(33-23-14-8-15-24-33)34-25-16-9-17-26-34/h6-17,19-26,36,39-40,44H,18,27-30H2,1-5H3,(H,49,60)(H,50,56)/t36?,44-,48-/m0/s1. The van der Waals surface area contributed by atoms with Crippen molar-refractivity contribution in [2.75, 3.05) is 18.6 Å². The fourth-order valence-electron chi connectivity index (χ4n) is 7.50. The maximum Gasteiger partial charge on any atom is 0.408 e. The van der Waals surface area contributed by atoms with E-state index in [-0.39, 0.29) is 36.5 Å². The highest BCUT2D eigenvalue weighted by Crippen LogP contribution is 2.48. The summed E-state index contributed by atoms with van der Waals surface area (Å²) in [5.41, 5.74) is 0.891. The van der Waals surface area contributed by atoms with Crippen molar-refractivity contribution in [3.05, 3.63) is 155 Å². The van der Waals surface area contributed by atoms with Crippen LogP contribution in [0.1, 0.15) is 74.5 Å². The van der Waals surface area contributed by atoms with Gasteiger partial charge in [-0.3, -0.25) is 14.5 Å². The summed E-state index contributed by atoms with van der Waals surface area (Å²) in [6.07, 6.45) is -2.49. The van der Waals surface area contributed by atoms with Gasteiger partial charge < -0.3 is 29.6 Å². The van der Waals surface area contributed by atoms with Crippen LogP contribution in [0.5, 0.6) is 0 Å². The van der Waals surface area contributed by atoms with E-state index >= 15 is 0 Å². The summed E-state index contributed by atoms with van der Waals surface area (Å²) in [5.74, 6) is -2.14. The van der Waals surface area contributed by atoms with Crippen molar-refractivity contribution in [1.29, 1.82) is 0 Å². The zero-order valence-corrected chi connectivity index (χ0v) is 38.8. The van der Waals surface area contributed by atoms with Crippen LogP contribution in [0, 0.1) is 0 Å². The molecule has 0 bridgehead atoms. The number of aromatic nitrogens is 4. The van der Waals surface area contributed by atoms with Gasteiger partial charge in [0, 0.05) is 32.1 Å². The molecule has 1 fully saturated rings. The van der Waals surface area contributed by atoms with Crippen molar-refractivity contribution in [1.82, 2.24) is 35.7 Å². The lowest BCUT2D eigenvalue weighted by molar-refractivity contribution is -0.193. The Kier molecular flexibility index (Phi) is 15.3. The van der Waals surface area contributed by atoms with Crippen LogP contribution in [0.4, 0.5) is 4.79 Å². The van der Waals surface area contributed by atoms with Gasteiger partial charge in [-0.2, -0.15) is 0 Å². The number of nitrogens with zero attached hydrogens (tertiary/aromatic N) is 5. The smallest absolute Gasteiger partial charge is 0.408 e. The minimum Gasteiger partial charge on any atom is -0.451 e. The summed E-state index contributed by atoms with van der Waals surface area (Å²) < 4.78 is 25.2. The lowest BCUT2D eigenvalue weighted by Gasteiger charge is -2.56. The number of ether oxygens (including phenoxy) is 4. The second kappa shape index (κ2) is 21.2. The molecule has 7 rings (SSSR count). The maximum atomic E-state index is 14.5. The highest BCUT2D eigenvalue weighted by molar-refractivity contribution is 8.01. The molecular weight excluding hydrogens is 883 g/mol. The Bertz CT molecular complexity index is 2450. The summed E-state index contributed by atoms with van der Waals surface area (Å²) in [4.78, 5) is 71.1. The summed E-state index contributed by atoms with van der Waals surface area (Å²) in [6, 6.07) is 35.9. The highest BCUT2D eigenvalue weighted by Gasteiger charge is 2.66. The van der Waals surface area contributed by atoms with E-state index < -0.39 is 64.8 Å². The van der Waals surface area contributed by atoms with Gasteiger partial charge in [-0.25, -0.2) is 19.1 Å². The van der Waals surface area contributed by atoms with Gasteiger partial charge in [0.25, 0.3) is 11.6 Å². The molecule has 0 radical (unpaired) electrons. The average molecular weight is 934 g/mol. The van der Waals surface area contributed by atoms with Crippen LogP contribution >= 0.6 is 23.5 Å². The number of aryl methyl sites for hydroxylation is 1. The fraction of sp³-hybridized carbons (Fsp3) is 0.333. The number of benzene rings is 4. The Morgan fingerprint density at radius 1 is 0.833 bits per heavy atom. The van der Waals surface area contributed by atoms with Gasteiger partial charge in [-0.15, -0.1) is 16.9 Å². The van der Waals surface area contributed by atoms with E-state index in [1.165, 1.54) is 40.2 Å². The number of fused-ring (bicyclic) bond motifs is 1. The van der Waals surface area contributed by atoms with Crippen LogP contribution in [-0.4, -0.2) is 96.3 Å². The zero-order chi connectivity index (χ0) is 46.8. The van der Waals surface area contributed by atoms with Gasteiger partial charge in [0.1, 0.15) is 22.7 Å². The predicted octanol–water partition coefficient (Wildman–Crippen LogP) is 6.66. The molecule has 18 heteroatoms. The largest absolute Gasteiger partial charge is 0.451 e. The quantitative estimate of drug-likeness (QED) is 0.0312. The van der Waals surface area contributed by atoms with E-state index in [0.717, 1.165) is 22.3 Å². The van der Waals surface area contributed by atoms with E-state index in [9.17, 15) is 24.0 Å². The molecule has 344 valence electrons. The first kappa shape index (κ1) is 47.5. The number of hydrogen-bond acceptors (Lipinski definition) is 14. The van der Waals surface area contributed by atoms with Gasteiger partial charge in [0.15, 0.2) is 12.2 Å². The summed E-state index contributed by atoms with van der Waals surface area (Å²) in [7, 11) is 3.02. The minimum absolute atomic E-state index is 0.00911. The number of esters is 2. The Balaban J connectivity index is 1.08. The molecular formula is C48H51N7O9S2. The molecule has 4 aromatic carbocycles. The number of alkyl carbamates (subject to hydrolysis) is 1. The topological polar surface area (TPSA) is 193 Å². The number of nitrogens with one attached hydrogen (secondary N) is 2. The Morgan fingerprint density at radius 2 is 1.36 bits per heavy atom. The maximum absolute atomic E-state index is 14.5. The number of tetrazole rings is 1. The molecule has 1 aromatic heterocycles. The zero-order valence-electron chi connectivity index (χ0n) is 37.1. The number of carbonyl (C=O) groups is 5. The molecule has 2 N–H and O–H groups in total. The second-order valence-electron chi connectivity index (χ2n) is 16.5. The van der Waals surface area contributed by atoms with Gasteiger partial charge in [0.05, 0.1) is 0 Å². The second-order valence-corrected chi connectivity index (χ2v) is 18.5. The van der Waals surface area contributed by atoms with E-state index in [1.807, 2.05) is 121 Å². The van der Waals surface area contributed by atoms with Gasteiger partial charge in [-0.1, -0.05) is 133 Å². The molecule has 5 aromatic rings. The number of methoxy groups -OCH3 is 1. The first-order valence-electron chi connectivity index (χ1n) is 21.3. The van der Waals surface area contributed by atoms with Gasteiger partial charge in [0.2, 0.25) is 11.1 Å². The van der Waals surface area contributed by atoms with E-state index in [4.69, 9.17) is 18.9 Å². The van der Waals surface area contributed by atoms with Crippen LogP contribution in [0.3, 0.4) is 0 Å². The minimum atomic E-state index is -1.83. The Hall–Kier alpha value is -6.50. The first-order chi connectivity index (χ1) is 31.8. The third-order valence-corrected chi connectivity index (χ3v) is 13.1. The van der Waals surface area contributed by atoms with Crippen molar-refractivity contribution in [2.24, 2.45) is 7.05 Å². The van der Waals surface area contributed by atoms with E-state index in [1.54, 1.807) is 27.8 Å². The number of thioether (sulfide) groups is 2. The summed E-state index contributed by atoms with van der Waals surface area (Å²) >= 11 is 2.62. The number of β-lactam (4-membered cyclic amide) rings is 1. The van der Waals surface area contributed by atoms with Crippen LogP contribution in [0.25, 0.3) is 0 Å². The molecule has 0 aliphatic carbocycles. The monoisotopic (exact) mass is 933 g/mol. The van der Waals surface area contributed by atoms with E-state index in [2.05, 4.69) is 26.2 Å². The molecule has 3 atom stereocenters. The molecule has 1 unspecified atom stereocenters. The van der Waals surface area contributed by atoms with Gasteiger partial charge >= 0.3 is 18.0 Å². The molecule has 3 amide bonds. The highest BCUT2D eigenvalue weighted by atomic mass is 32.2. The normalized spacial score (nSPS) is 17.4. The number of carbonyl (C=O) groups excluding carboxylic acids is 5. The number of hydrogen-bond donors (Lipinski definition) is 2. The molecule has 2 aliphatic heterocycles. The molecule has 66 heavy (non-hydrogen) atoms. The molecule has 0 spiro atoms. The number of amides is 3. The lowest BCUT2D eigenvalue weighted by Crippen LogP contribution is -2.80. The predicted molar refractivity (Wildman–Crippen MR) is 246 cm³/mol. The molecule has 1 saturated heterocycles. The van der Waals surface area contributed by atoms with Crippen LogP contribution in [0.2, 0.25) is 0 Å². The summed E-state index contributed by atoms with van der Waals surface area (Å²) in [5, 5.41) is 16.8. The molecule has 2 aliphatic rings. The summed E-state index contributed by atoms with van der Waals surface area (Å²) in [6.45, 7) is 5.11. The third kappa shape index (κ3) is 11.1. The lowest BCUT2D eigenvalue weighted by atomic mass is 9.97. The van der Waals surface area contributed by atoms with Crippen LogP contribution in [-0.2, 0) is 45.2 Å². The van der Waals surface area contributed by atoms with Crippen LogP contribution < -0.4 is 10.6 Å². The van der Waals surface area contributed by atoms with Gasteiger partial charge in [-0.05, 0) is 71.9 Å². The van der Waals surface area contributed by atoms with Crippen LogP contribution in [0.15, 0.2) is 138 Å². The molecule has 3 heterocycles. The third-order valence-electron chi connectivity index (χ3n) is 10.6. The van der Waals surface area contributed by atoms with Crippen molar-refractivity contribution >= 4 is 53.4 Å². The van der Waals surface area contributed by atoms with Crippen molar-refractivity contribution in [2.45, 2.75) is 80.1 Å². The van der Waals surface area contributed by atoms with Crippen molar-refractivity contribution in [3.8, 4) is 0 Å².